The van der Waals surface area contributed by atoms with Gasteiger partial charge in [-0.2, -0.15) is 0 Å². The standard InChI is InChI=1S/C31H40N4O3/c1-31(2,3)25-6-4-22(5-7-25)30(36)34-12-10-33(11-13-34)26-8-9-28(35(37)38)27(19-26)32-29-23-15-20-14-21(17-23)18-24(29)16-20/h4-9,19-21,23-24,29,32H,10-18H2,1-3H3. The van der Waals surface area contributed by atoms with Gasteiger partial charge >= 0.3 is 0 Å². The van der Waals surface area contributed by atoms with Gasteiger partial charge in [0.15, 0.2) is 0 Å². The lowest BCUT2D eigenvalue weighted by Gasteiger charge is -2.54. The summed E-state index contributed by atoms with van der Waals surface area (Å²) in [7, 11) is 0. The van der Waals surface area contributed by atoms with Crippen molar-refractivity contribution in [3.63, 3.8) is 0 Å². The normalized spacial score (nSPS) is 28.4. The third kappa shape index (κ3) is 4.76. The van der Waals surface area contributed by atoms with Crippen molar-refractivity contribution in [2.24, 2.45) is 23.7 Å². The average Bonchev–Trinajstić information content (AvgIpc) is 2.89. The number of benzene rings is 2. The molecule has 202 valence electrons. The molecule has 0 spiro atoms. The maximum atomic E-state index is 13.1. The summed E-state index contributed by atoms with van der Waals surface area (Å²) in [5, 5.41) is 15.6. The Morgan fingerprint density at radius 2 is 1.50 bits per heavy atom. The molecular formula is C31H40N4O3. The zero-order valence-corrected chi connectivity index (χ0v) is 22.9. The summed E-state index contributed by atoms with van der Waals surface area (Å²) < 4.78 is 0. The first-order chi connectivity index (χ1) is 18.2. The van der Waals surface area contributed by atoms with Crippen LogP contribution in [0.15, 0.2) is 42.5 Å². The molecule has 5 aliphatic rings. The van der Waals surface area contributed by atoms with Crippen LogP contribution in [0.3, 0.4) is 0 Å². The summed E-state index contributed by atoms with van der Waals surface area (Å²) in [5.41, 5.74) is 3.81. The van der Waals surface area contributed by atoms with E-state index in [-0.39, 0.29) is 21.9 Å². The highest BCUT2D eigenvalue weighted by Crippen LogP contribution is 2.54. The second kappa shape index (κ2) is 9.58. The van der Waals surface area contributed by atoms with Gasteiger partial charge < -0.3 is 15.1 Å². The van der Waals surface area contributed by atoms with Crippen LogP contribution in [-0.4, -0.2) is 48.0 Å². The Labute approximate surface area is 225 Å². The molecule has 4 aliphatic carbocycles. The van der Waals surface area contributed by atoms with Crippen molar-refractivity contribution in [2.45, 2.75) is 64.3 Å². The van der Waals surface area contributed by atoms with E-state index in [1.807, 2.05) is 29.2 Å². The zero-order chi connectivity index (χ0) is 26.6. The van der Waals surface area contributed by atoms with Crippen molar-refractivity contribution >= 4 is 23.0 Å². The number of nitrogens with one attached hydrogen (secondary N) is 1. The maximum absolute atomic E-state index is 13.1. The summed E-state index contributed by atoms with van der Waals surface area (Å²) >= 11 is 0. The molecule has 4 saturated carbocycles. The number of carbonyl (C=O) groups excluding carboxylic acids is 1. The Morgan fingerprint density at radius 1 is 0.895 bits per heavy atom. The van der Waals surface area contributed by atoms with Crippen molar-refractivity contribution < 1.29 is 9.72 Å². The fourth-order valence-corrected chi connectivity index (χ4v) is 7.80. The lowest BCUT2D eigenvalue weighted by molar-refractivity contribution is -0.384. The Balaban J connectivity index is 1.13. The smallest absolute Gasteiger partial charge is 0.292 e. The van der Waals surface area contributed by atoms with Crippen LogP contribution in [0.2, 0.25) is 0 Å². The van der Waals surface area contributed by atoms with Gasteiger partial charge in [0.25, 0.3) is 11.6 Å². The second-order valence-corrected chi connectivity index (χ2v) is 13.2. The number of carbonyl (C=O) groups is 1. The van der Waals surface area contributed by atoms with E-state index in [0.717, 1.165) is 23.1 Å². The van der Waals surface area contributed by atoms with Crippen molar-refractivity contribution in [1.29, 1.82) is 0 Å². The second-order valence-electron chi connectivity index (χ2n) is 13.2. The Morgan fingerprint density at radius 3 is 2.05 bits per heavy atom. The minimum Gasteiger partial charge on any atom is -0.376 e. The van der Waals surface area contributed by atoms with Crippen LogP contribution >= 0.6 is 0 Å². The van der Waals surface area contributed by atoms with E-state index in [1.165, 1.54) is 37.7 Å². The molecule has 5 fully saturated rings. The molecule has 1 aliphatic heterocycles. The Bertz CT molecular complexity index is 1180. The van der Waals surface area contributed by atoms with Crippen molar-refractivity contribution in [2.75, 3.05) is 36.4 Å². The van der Waals surface area contributed by atoms with E-state index < -0.39 is 0 Å². The summed E-state index contributed by atoms with van der Waals surface area (Å²) in [6, 6.07) is 13.8. The number of hydrogen-bond donors (Lipinski definition) is 1. The number of piperazine rings is 1. The summed E-state index contributed by atoms with van der Waals surface area (Å²) in [6.45, 7) is 9.20. The van der Waals surface area contributed by atoms with Gasteiger partial charge in [0.05, 0.1) is 4.92 Å². The highest BCUT2D eigenvalue weighted by Gasteiger charge is 2.48. The quantitative estimate of drug-likeness (QED) is 0.384. The van der Waals surface area contributed by atoms with Crippen molar-refractivity contribution in [3.8, 4) is 0 Å². The summed E-state index contributed by atoms with van der Waals surface area (Å²) in [5.74, 6) is 3.08. The van der Waals surface area contributed by atoms with Crippen molar-refractivity contribution in [1.82, 2.24) is 4.90 Å². The van der Waals surface area contributed by atoms with E-state index in [2.05, 4.69) is 43.1 Å². The molecule has 7 heteroatoms. The predicted molar refractivity (Wildman–Crippen MR) is 151 cm³/mol. The number of nitrogens with zero attached hydrogens (tertiary/aromatic N) is 3. The maximum Gasteiger partial charge on any atom is 0.292 e. The Hall–Kier alpha value is -3.09. The molecule has 7 nitrogen and oxygen atoms in total. The topological polar surface area (TPSA) is 78.7 Å². The van der Waals surface area contributed by atoms with E-state index in [1.54, 1.807) is 6.07 Å². The van der Waals surface area contributed by atoms with Crippen LogP contribution in [0, 0.1) is 33.8 Å². The van der Waals surface area contributed by atoms with E-state index in [0.29, 0.717) is 49.7 Å². The molecule has 0 unspecified atom stereocenters. The van der Waals surface area contributed by atoms with Gasteiger partial charge in [0.2, 0.25) is 0 Å². The van der Waals surface area contributed by atoms with Crippen LogP contribution in [-0.2, 0) is 5.41 Å². The monoisotopic (exact) mass is 516 g/mol. The molecule has 0 radical (unpaired) electrons. The number of anilines is 2. The minimum atomic E-state index is -0.260. The highest BCUT2D eigenvalue weighted by atomic mass is 16.6. The molecule has 0 atom stereocenters. The van der Waals surface area contributed by atoms with Crippen LogP contribution in [0.1, 0.15) is 68.8 Å². The largest absolute Gasteiger partial charge is 0.376 e. The minimum absolute atomic E-state index is 0.0573. The van der Waals surface area contributed by atoms with E-state index in [9.17, 15) is 14.9 Å². The molecule has 2 aromatic rings. The average molecular weight is 517 g/mol. The molecule has 38 heavy (non-hydrogen) atoms. The number of rotatable bonds is 5. The molecule has 2 aromatic carbocycles. The lowest BCUT2D eigenvalue weighted by Crippen LogP contribution is -2.51. The lowest BCUT2D eigenvalue weighted by atomic mass is 9.54. The van der Waals surface area contributed by atoms with Crippen LogP contribution in [0.25, 0.3) is 0 Å². The molecule has 1 amide bonds. The van der Waals surface area contributed by atoms with Gasteiger partial charge in [-0.25, -0.2) is 0 Å². The third-order valence-electron chi connectivity index (χ3n) is 9.66. The molecule has 0 aromatic heterocycles. The number of nitro groups is 1. The van der Waals surface area contributed by atoms with E-state index in [4.69, 9.17) is 0 Å². The fraction of sp³-hybridized carbons (Fsp3) is 0.581. The Kier molecular flexibility index (Phi) is 6.36. The molecule has 7 rings (SSSR count). The van der Waals surface area contributed by atoms with Gasteiger partial charge in [0.1, 0.15) is 5.69 Å². The highest BCUT2D eigenvalue weighted by molar-refractivity contribution is 5.94. The van der Waals surface area contributed by atoms with Gasteiger partial charge in [0, 0.05) is 49.5 Å². The van der Waals surface area contributed by atoms with Crippen LogP contribution < -0.4 is 10.2 Å². The van der Waals surface area contributed by atoms with Gasteiger partial charge in [-0.05, 0) is 91.0 Å². The molecule has 1 saturated heterocycles. The first-order valence-corrected chi connectivity index (χ1v) is 14.4. The molecule has 4 bridgehead atoms. The van der Waals surface area contributed by atoms with Crippen LogP contribution in [0.5, 0.6) is 0 Å². The molecule has 1 N–H and O–H groups in total. The third-order valence-corrected chi connectivity index (χ3v) is 9.66. The summed E-state index contributed by atoms with van der Waals surface area (Å²) in [4.78, 5) is 28.9. The first-order valence-electron chi connectivity index (χ1n) is 14.4. The first kappa shape index (κ1) is 25.2. The fourth-order valence-electron chi connectivity index (χ4n) is 7.80. The van der Waals surface area contributed by atoms with Gasteiger partial charge in [-0.1, -0.05) is 32.9 Å². The molecular weight excluding hydrogens is 476 g/mol. The van der Waals surface area contributed by atoms with E-state index >= 15 is 0 Å². The van der Waals surface area contributed by atoms with Gasteiger partial charge in [-0.15, -0.1) is 0 Å². The number of amides is 1. The SMILES string of the molecule is CC(C)(C)c1ccc(C(=O)N2CCN(c3ccc([N+](=O)[O-])c(NC4C5CC6CC(C5)CC4C6)c3)CC2)cc1. The molecule has 1 heterocycles. The van der Waals surface area contributed by atoms with Crippen molar-refractivity contribution in [3.05, 3.63) is 63.7 Å². The van der Waals surface area contributed by atoms with Gasteiger partial charge in [-0.3, -0.25) is 14.9 Å². The number of hydrogen-bond acceptors (Lipinski definition) is 5. The zero-order valence-electron chi connectivity index (χ0n) is 22.9. The summed E-state index contributed by atoms with van der Waals surface area (Å²) in [6.07, 6.45) is 6.48. The van der Waals surface area contributed by atoms with Crippen LogP contribution in [0.4, 0.5) is 17.1 Å². The predicted octanol–water partition coefficient (Wildman–Crippen LogP) is 6.09. The number of nitro benzene ring substituents is 1.